The molecule has 0 radical (unpaired) electrons. The van der Waals surface area contributed by atoms with Crippen molar-refractivity contribution < 1.29 is 18.3 Å². The van der Waals surface area contributed by atoms with Gasteiger partial charge in [-0.3, -0.25) is 9.78 Å². The van der Waals surface area contributed by atoms with Crippen molar-refractivity contribution in [2.75, 3.05) is 13.2 Å². The zero-order chi connectivity index (χ0) is 17.6. The van der Waals surface area contributed by atoms with Crippen LogP contribution < -0.4 is 5.32 Å². The second-order valence-corrected chi connectivity index (χ2v) is 5.71. The van der Waals surface area contributed by atoms with E-state index >= 15 is 0 Å². The average Bonchev–Trinajstić information content (AvgIpc) is 3.10. The fourth-order valence-corrected chi connectivity index (χ4v) is 2.56. The lowest BCUT2D eigenvalue weighted by Gasteiger charge is -2.09. The van der Waals surface area contributed by atoms with Gasteiger partial charge in [0.15, 0.2) is 0 Å². The van der Waals surface area contributed by atoms with E-state index in [4.69, 9.17) is 9.15 Å². The molecule has 2 heterocycles. The predicted octanol–water partition coefficient (Wildman–Crippen LogP) is 3.61. The molecule has 0 saturated heterocycles. The number of hydrogen-bond acceptors (Lipinski definition) is 4. The number of ether oxygens (including phenoxy) is 1. The summed E-state index contributed by atoms with van der Waals surface area (Å²) in [4.78, 5) is 16.7. The molecule has 0 spiro atoms. The number of pyridine rings is 1. The molecule has 25 heavy (non-hydrogen) atoms. The predicted molar refractivity (Wildman–Crippen MR) is 91.8 cm³/mol. The Bertz CT molecular complexity index is 857. The number of hydrogen-bond donors (Lipinski definition) is 1. The van der Waals surface area contributed by atoms with Gasteiger partial charge in [0, 0.05) is 30.3 Å². The van der Waals surface area contributed by atoms with Gasteiger partial charge in [-0.25, -0.2) is 4.39 Å². The van der Waals surface area contributed by atoms with Gasteiger partial charge in [-0.2, -0.15) is 0 Å². The summed E-state index contributed by atoms with van der Waals surface area (Å²) in [7, 11) is 0. The van der Waals surface area contributed by atoms with Crippen LogP contribution in [0.3, 0.4) is 0 Å². The maximum atomic E-state index is 13.4. The van der Waals surface area contributed by atoms with Gasteiger partial charge in [-0.05, 0) is 43.7 Å². The zero-order valence-corrected chi connectivity index (χ0v) is 13.9. The number of rotatable bonds is 7. The first-order chi connectivity index (χ1) is 12.1. The molecule has 0 bridgehead atoms. The van der Waals surface area contributed by atoms with E-state index < -0.39 is 0 Å². The van der Waals surface area contributed by atoms with Gasteiger partial charge in [0.05, 0.1) is 17.3 Å². The Kier molecular flexibility index (Phi) is 5.40. The third kappa shape index (κ3) is 4.42. The lowest BCUT2D eigenvalue weighted by atomic mass is 10.1. The number of benzene rings is 1. The quantitative estimate of drug-likeness (QED) is 0.666. The lowest BCUT2D eigenvalue weighted by Crippen LogP contribution is -2.25. The molecule has 0 aliphatic carbocycles. The SMILES string of the molecule is Cc1cc(C(=O)NCCCOCc2ccco2)c2ccc(F)cc2n1. The second kappa shape index (κ2) is 7.90. The highest BCUT2D eigenvalue weighted by Crippen LogP contribution is 2.19. The van der Waals surface area contributed by atoms with E-state index in [1.165, 1.54) is 12.1 Å². The van der Waals surface area contributed by atoms with Crippen LogP contribution >= 0.6 is 0 Å². The Hall–Kier alpha value is -2.73. The first-order valence-electron chi connectivity index (χ1n) is 8.09. The molecule has 5 nitrogen and oxygen atoms in total. The summed E-state index contributed by atoms with van der Waals surface area (Å²) < 4.78 is 24.0. The van der Waals surface area contributed by atoms with Crippen molar-refractivity contribution in [3.8, 4) is 0 Å². The number of furan rings is 1. The normalized spacial score (nSPS) is 11.0. The van der Waals surface area contributed by atoms with E-state index in [0.717, 1.165) is 5.76 Å². The number of carbonyl (C=O) groups excluding carboxylic acids is 1. The summed E-state index contributed by atoms with van der Waals surface area (Å²) in [6, 6.07) is 9.62. The van der Waals surface area contributed by atoms with Crippen LogP contribution in [-0.4, -0.2) is 24.0 Å². The minimum atomic E-state index is -0.370. The Balaban J connectivity index is 1.53. The fourth-order valence-electron chi connectivity index (χ4n) is 2.56. The van der Waals surface area contributed by atoms with Crippen molar-refractivity contribution in [3.05, 3.63) is 65.5 Å². The zero-order valence-electron chi connectivity index (χ0n) is 13.9. The molecule has 0 aliphatic heterocycles. The van der Waals surface area contributed by atoms with Gasteiger partial charge < -0.3 is 14.5 Å². The molecule has 1 amide bonds. The van der Waals surface area contributed by atoms with Crippen LogP contribution in [0.5, 0.6) is 0 Å². The number of carbonyl (C=O) groups is 1. The summed E-state index contributed by atoms with van der Waals surface area (Å²) in [6.07, 6.45) is 2.29. The molecule has 0 atom stereocenters. The van der Waals surface area contributed by atoms with Crippen molar-refractivity contribution in [3.63, 3.8) is 0 Å². The third-order valence-electron chi connectivity index (χ3n) is 3.72. The monoisotopic (exact) mass is 342 g/mol. The van der Waals surface area contributed by atoms with Crippen molar-refractivity contribution >= 4 is 16.8 Å². The van der Waals surface area contributed by atoms with Crippen molar-refractivity contribution in [2.45, 2.75) is 20.0 Å². The van der Waals surface area contributed by atoms with Crippen LogP contribution in [0.1, 0.15) is 28.2 Å². The van der Waals surface area contributed by atoms with Gasteiger partial charge in [-0.1, -0.05) is 0 Å². The molecule has 3 aromatic rings. The summed E-state index contributed by atoms with van der Waals surface area (Å²) in [6.45, 7) is 3.20. The number of nitrogens with one attached hydrogen (secondary N) is 1. The van der Waals surface area contributed by atoms with Crippen molar-refractivity contribution in [1.82, 2.24) is 10.3 Å². The van der Waals surface area contributed by atoms with Crippen LogP contribution in [-0.2, 0) is 11.3 Å². The van der Waals surface area contributed by atoms with E-state index in [1.54, 1.807) is 25.3 Å². The highest BCUT2D eigenvalue weighted by Gasteiger charge is 2.12. The number of nitrogens with zero attached hydrogens (tertiary/aromatic N) is 1. The average molecular weight is 342 g/mol. The Morgan fingerprint density at radius 2 is 2.20 bits per heavy atom. The van der Waals surface area contributed by atoms with E-state index in [1.807, 2.05) is 12.1 Å². The Labute approximate surface area is 144 Å². The fraction of sp³-hybridized carbons (Fsp3) is 0.263. The van der Waals surface area contributed by atoms with Crippen LogP contribution in [0.15, 0.2) is 47.1 Å². The van der Waals surface area contributed by atoms with Crippen LogP contribution in [0.4, 0.5) is 4.39 Å². The number of amides is 1. The molecular weight excluding hydrogens is 323 g/mol. The van der Waals surface area contributed by atoms with Gasteiger partial charge in [-0.15, -0.1) is 0 Å². The second-order valence-electron chi connectivity index (χ2n) is 5.71. The molecule has 2 aromatic heterocycles. The van der Waals surface area contributed by atoms with Crippen LogP contribution in [0, 0.1) is 12.7 Å². The Morgan fingerprint density at radius 3 is 3.00 bits per heavy atom. The van der Waals surface area contributed by atoms with E-state index in [2.05, 4.69) is 10.3 Å². The highest BCUT2D eigenvalue weighted by atomic mass is 19.1. The molecular formula is C19H19FN2O3. The van der Waals surface area contributed by atoms with Gasteiger partial charge in [0.25, 0.3) is 5.91 Å². The maximum Gasteiger partial charge on any atom is 0.252 e. The minimum absolute atomic E-state index is 0.201. The number of fused-ring (bicyclic) bond motifs is 1. The maximum absolute atomic E-state index is 13.4. The molecule has 3 rings (SSSR count). The number of aromatic nitrogens is 1. The molecule has 0 fully saturated rings. The smallest absolute Gasteiger partial charge is 0.252 e. The Morgan fingerprint density at radius 1 is 1.32 bits per heavy atom. The van der Waals surface area contributed by atoms with E-state index in [9.17, 15) is 9.18 Å². The molecule has 1 aromatic carbocycles. The topological polar surface area (TPSA) is 64.4 Å². The summed E-state index contributed by atoms with van der Waals surface area (Å²) in [5.74, 6) is 0.203. The summed E-state index contributed by atoms with van der Waals surface area (Å²) in [5.41, 5.74) is 1.65. The number of aryl methyl sites for hydroxylation is 1. The van der Waals surface area contributed by atoms with Gasteiger partial charge in [0.2, 0.25) is 0 Å². The first-order valence-corrected chi connectivity index (χ1v) is 8.09. The first kappa shape index (κ1) is 17.1. The molecule has 1 N–H and O–H groups in total. The van der Waals surface area contributed by atoms with Crippen LogP contribution in [0.25, 0.3) is 10.9 Å². The molecule has 0 aliphatic rings. The molecule has 0 unspecified atom stereocenters. The van der Waals surface area contributed by atoms with Gasteiger partial charge in [0.1, 0.15) is 18.2 Å². The van der Waals surface area contributed by atoms with E-state index in [-0.39, 0.29) is 11.7 Å². The molecule has 6 heteroatoms. The number of halogens is 1. The molecule has 0 saturated carbocycles. The largest absolute Gasteiger partial charge is 0.467 e. The van der Waals surface area contributed by atoms with Crippen molar-refractivity contribution in [2.24, 2.45) is 0 Å². The minimum Gasteiger partial charge on any atom is -0.467 e. The van der Waals surface area contributed by atoms with Crippen LogP contribution in [0.2, 0.25) is 0 Å². The van der Waals surface area contributed by atoms with Gasteiger partial charge >= 0.3 is 0 Å². The summed E-state index contributed by atoms with van der Waals surface area (Å²) >= 11 is 0. The standard InChI is InChI=1S/C19H19FN2O3/c1-13-10-17(16-6-5-14(20)11-18(16)22-13)19(23)21-7-3-8-24-12-15-4-2-9-25-15/h2,4-6,9-11H,3,7-8,12H2,1H3,(H,21,23). The lowest BCUT2D eigenvalue weighted by molar-refractivity contribution is 0.0918. The third-order valence-corrected chi connectivity index (χ3v) is 3.72. The van der Waals surface area contributed by atoms with Crippen molar-refractivity contribution in [1.29, 1.82) is 0 Å². The van der Waals surface area contributed by atoms with E-state index in [0.29, 0.717) is 48.3 Å². The molecule has 130 valence electrons. The summed E-state index contributed by atoms with van der Waals surface area (Å²) in [5, 5.41) is 3.50. The highest BCUT2D eigenvalue weighted by molar-refractivity contribution is 6.06.